The quantitative estimate of drug-likeness (QED) is 0.495. The first-order valence-electron chi connectivity index (χ1n) is 5.53. The summed E-state index contributed by atoms with van der Waals surface area (Å²) in [7, 11) is 0. The minimum atomic E-state index is 0.462. The number of carbonyl (C=O) groups is 1. The Kier molecular flexibility index (Phi) is 6.00. The Morgan fingerprint density at radius 3 is 2.79 bits per heavy atom. The van der Waals surface area contributed by atoms with Gasteiger partial charge in [0.1, 0.15) is 5.78 Å². The van der Waals surface area contributed by atoms with E-state index in [2.05, 4.69) is 6.58 Å². The van der Waals surface area contributed by atoms with Crippen molar-refractivity contribution >= 4 is 17.5 Å². The van der Waals surface area contributed by atoms with Gasteiger partial charge in [-0.3, -0.25) is 4.79 Å². The van der Waals surface area contributed by atoms with Crippen LogP contribution in [0.3, 0.4) is 0 Å². The lowest BCUT2D eigenvalue weighted by atomic mass is 9.94. The van der Waals surface area contributed by atoms with Crippen LogP contribution in [0.1, 0.15) is 38.5 Å². The molecule has 0 unspecified atom stereocenters. The van der Waals surface area contributed by atoms with Crippen molar-refractivity contribution < 1.29 is 4.79 Å². The lowest BCUT2D eigenvalue weighted by Gasteiger charge is -2.20. The second-order valence-corrected chi connectivity index (χ2v) is 5.20. The van der Waals surface area contributed by atoms with E-state index in [-0.39, 0.29) is 0 Å². The Hall–Kier alpha value is -0.240. The zero-order valence-electron chi connectivity index (χ0n) is 8.84. The van der Waals surface area contributed by atoms with Crippen molar-refractivity contribution in [2.75, 3.05) is 11.5 Å². The van der Waals surface area contributed by atoms with Gasteiger partial charge in [-0.05, 0) is 43.1 Å². The summed E-state index contributed by atoms with van der Waals surface area (Å²) in [6, 6.07) is 0. The van der Waals surface area contributed by atoms with Crippen LogP contribution in [0.4, 0.5) is 0 Å². The molecular formula is C12H20OS. The highest BCUT2D eigenvalue weighted by atomic mass is 32.2. The highest BCUT2D eigenvalue weighted by Crippen LogP contribution is 2.25. The number of ketones is 1. The van der Waals surface area contributed by atoms with Crippen LogP contribution in [0, 0.1) is 5.92 Å². The van der Waals surface area contributed by atoms with Crippen molar-refractivity contribution in [1.82, 2.24) is 0 Å². The fourth-order valence-corrected chi connectivity index (χ4v) is 3.02. The fraction of sp³-hybridized carbons (Fsp3) is 0.750. The van der Waals surface area contributed by atoms with E-state index < -0.39 is 0 Å². The molecule has 0 amide bonds. The van der Waals surface area contributed by atoms with Crippen molar-refractivity contribution in [2.24, 2.45) is 5.92 Å². The second-order valence-electron chi connectivity index (χ2n) is 3.98. The zero-order valence-corrected chi connectivity index (χ0v) is 9.65. The van der Waals surface area contributed by atoms with Gasteiger partial charge in [0.15, 0.2) is 0 Å². The van der Waals surface area contributed by atoms with Gasteiger partial charge in [0.05, 0.1) is 0 Å². The van der Waals surface area contributed by atoms with Crippen LogP contribution < -0.4 is 0 Å². The van der Waals surface area contributed by atoms with E-state index in [0.717, 1.165) is 25.7 Å². The topological polar surface area (TPSA) is 17.1 Å². The number of hydrogen-bond acceptors (Lipinski definition) is 2. The molecular weight excluding hydrogens is 192 g/mol. The maximum absolute atomic E-state index is 11.5. The molecule has 0 aromatic carbocycles. The molecule has 2 heteroatoms. The molecule has 0 atom stereocenters. The Morgan fingerprint density at radius 2 is 2.14 bits per heavy atom. The number of allylic oxidation sites excluding steroid dienone is 1. The summed E-state index contributed by atoms with van der Waals surface area (Å²) >= 11 is 2.02. The zero-order chi connectivity index (χ0) is 10.2. The van der Waals surface area contributed by atoms with Crippen molar-refractivity contribution in [2.45, 2.75) is 38.5 Å². The number of rotatable bonds is 6. The summed E-state index contributed by atoms with van der Waals surface area (Å²) < 4.78 is 0. The summed E-state index contributed by atoms with van der Waals surface area (Å²) in [5, 5.41) is 0. The average molecular weight is 212 g/mol. The van der Waals surface area contributed by atoms with E-state index in [1.54, 1.807) is 0 Å². The van der Waals surface area contributed by atoms with Gasteiger partial charge < -0.3 is 0 Å². The van der Waals surface area contributed by atoms with Crippen molar-refractivity contribution in [3.63, 3.8) is 0 Å². The summed E-state index contributed by atoms with van der Waals surface area (Å²) in [4.78, 5) is 11.5. The van der Waals surface area contributed by atoms with Gasteiger partial charge in [-0.2, -0.15) is 11.8 Å². The SMILES string of the molecule is C=CCCCC(=O)CC1CCSCC1. The van der Waals surface area contributed by atoms with Crippen LogP contribution >= 0.6 is 11.8 Å². The van der Waals surface area contributed by atoms with E-state index in [0.29, 0.717) is 11.7 Å². The molecule has 0 bridgehead atoms. The van der Waals surface area contributed by atoms with Crippen LogP contribution in [0.15, 0.2) is 12.7 Å². The average Bonchev–Trinajstić information content (AvgIpc) is 2.20. The summed E-state index contributed by atoms with van der Waals surface area (Å²) in [5.41, 5.74) is 0. The highest BCUT2D eigenvalue weighted by molar-refractivity contribution is 7.99. The van der Waals surface area contributed by atoms with E-state index in [4.69, 9.17) is 0 Å². The molecule has 1 fully saturated rings. The highest BCUT2D eigenvalue weighted by Gasteiger charge is 2.16. The third-order valence-corrected chi connectivity index (χ3v) is 3.77. The van der Waals surface area contributed by atoms with Crippen LogP contribution in [0.5, 0.6) is 0 Å². The lowest BCUT2D eigenvalue weighted by Crippen LogP contribution is -2.14. The Morgan fingerprint density at radius 1 is 1.43 bits per heavy atom. The molecule has 0 aromatic heterocycles. The summed E-state index contributed by atoms with van der Waals surface area (Å²) in [6.07, 6.45) is 7.95. The summed E-state index contributed by atoms with van der Waals surface area (Å²) in [5.74, 6) is 3.66. The molecule has 14 heavy (non-hydrogen) atoms. The molecule has 0 spiro atoms. The predicted octanol–water partition coefficient (Wildman–Crippen LogP) is 3.45. The summed E-state index contributed by atoms with van der Waals surface area (Å²) in [6.45, 7) is 3.66. The first-order valence-corrected chi connectivity index (χ1v) is 6.68. The van der Waals surface area contributed by atoms with Crippen LogP contribution in [0.2, 0.25) is 0 Å². The minimum Gasteiger partial charge on any atom is -0.300 e. The number of unbranched alkanes of at least 4 members (excludes halogenated alkanes) is 1. The molecule has 0 saturated carbocycles. The molecule has 0 aliphatic carbocycles. The fourth-order valence-electron chi connectivity index (χ4n) is 1.82. The number of hydrogen-bond donors (Lipinski definition) is 0. The van der Waals surface area contributed by atoms with Gasteiger partial charge in [0.2, 0.25) is 0 Å². The Labute approximate surface area is 91.3 Å². The van der Waals surface area contributed by atoms with Gasteiger partial charge in [0.25, 0.3) is 0 Å². The van der Waals surface area contributed by atoms with Crippen LogP contribution in [0.25, 0.3) is 0 Å². The van der Waals surface area contributed by atoms with Gasteiger partial charge >= 0.3 is 0 Å². The third kappa shape index (κ3) is 4.85. The Bertz CT molecular complexity index is 183. The van der Waals surface area contributed by atoms with Gasteiger partial charge in [0, 0.05) is 12.8 Å². The maximum atomic E-state index is 11.5. The predicted molar refractivity (Wildman–Crippen MR) is 63.7 cm³/mol. The first-order chi connectivity index (χ1) is 6.83. The third-order valence-electron chi connectivity index (χ3n) is 2.72. The normalized spacial score (nSPS) is 18.0. The van der Waals surface area contributed by atoms with Crippen molar-refractivity contribution in [3.05, 3.63) is 12.7 Å². The minimum absolute atomic E-state index is 0.462. The smallest absolute Gasteiger partial charge is 0.133 e. The monoisotopic (exact) mass is 212 g/mol. The Balaban J connectivity index is 2.09. The molecule has 0 radical (unpaired) electrons. The molecule has 0 N–H and O–H groups in total. The molecule has 0 aromatic rings. The van der Waals surface area contributed by atoms with Crippen LogP contribution in [-0.4, -0.2) is 17.3 Å². The van der Waals surface area contributed by atoms with E-state index in [9.17, 15) is 4.79 Å². The number of carbonyl (C=O) groups excluding carboxylic acids is 1. The largest absolute Gasteiger partial charge is 0.300 e. The van der Waals surface area contributed by atoms with E-state index >= 15 is 0 Å². The van der Waals surface area contributed by atoms with E-state index in [1.807, 2.05) is 17.8 Å². The van der Waals surface area contributed by atoms with Crippen molar-refractivity contribution in [3.8, 4) is 0 Å². The number of Topliss-reactive ketones (excluding diaryl/α,β-unsaturated/α-hetero) is 1. The van der Waals surface area contributed by atoms with Gasteiger partial charge in [-0.25, -0.2) is 0 Å². The molecule has 1 aliphatic rings. The molecule has 1 heterocycles. The van der Waals surface area contributed by atoms with Crippen LogP contribution in [-0.2, 0) is 4.79 Å². The molecule has 1 nitrogen and oxygen atoms in total. The maximum Gasteiger partial charge on any atom is 0.133 e. The molecule has 1 saturated heterocycles. The molecule has 1 rings (SSSR count). The lowest BCUT2D eigenvalue weighted by molar-refractivity contribution is -0.120. The standard InChI is InChI=1S/C12H20OS/c1-2-3-4-5-12(13)10-11-6-8-14-9-7-11/h2,11H,1,3-10H2. The first kappa shape index (κ1) is 11.8. The van der Waals surface area contributed by atoms with Gasteiger partial charge in [-0.15, -0.1) is 6.58 Å². The molecule has 80 valence electrons. The molecule has 1 aliphatic heterocycles. The second kappa shape index (κ2) is 7.10. The van der Waals surface area contributed by atoms with Gasteiger partial charge in [-0.1, -0.05) is 6.08 Å². The number of thioether (sulfide) groups is 1. The van der Waals surface area contributed by atoms with Crippen molar-refractivity contribution in [1.29, 1.82) is 0 Å². The van der Waals surface area contributed by atoms with E-state index in [1.165, 1.54) is 24.3 Å².